The molecule has 1 saturated carbocycles. The molecule has 0 radical (unpaired) electrons. The molecule has 1 heterocycles. The molecule has 0 saturated heterocycles. The molecule has 118 valence electrons. The van der Waals surface area contributed by atoms with Gasteiger partial charge in [0.2, 0.25) is 0 Å². The van der Waals surface area contributed by atoms with Crippen LogP contribution in [0.2, 0.25) is 0 Å². The molecule has 0 spiro atoms. The first-order valence-corrected chi connectivity index (χ1v) is 6.38. The van der Waals surface area contributed by atoms with Gasteiger partial charge in [0.25, 0.3) is 5.91 Å². The molecule has 8 heteroatoms. The first-order valence-electron chi connectivity index (χ1n) is 6.38. The maximum absolute atomic E-state index is 12.5. The Morgan fingerprint density at radius 3 is 2.52 bits per heavy atom. The largest absolute Gasteiger partial charge is 0.433 e. The zero-order valence-corrected chi connectivity index (χ0v) is 12.2. The average Bonchev–Trinajstić information content (AvgIpc) is 3.18. The molecule has 3 N–H and O–H groups in total. The van der Waals surface area contributed by atoms with Crippen LogP contribution in [0.5, 0.6) is 0 Å². The third-order valence-corrected chi connectivity index (χ3v) is 3.38. The molecule has 0 bridgehead atoms. The average molecular weight is 324 g/mol. The number of halogens is 4. The quantitative estimate of drug-likeness (QED) is 0.893. The molecule has 2 rings (SSSR count). The van der Waals surface area contributed by atoms with Crippen molar-refractivity contribution in [1.29, 1.82) is 0 Å². The van der Waals surface area contributed by atoms with E-state index in [2.05, 4.69) is 10.3 Å². The highest BCUT2D eigenvalue weighted by molar-refractivity contribution is 5.95. The Labute approximate surface area is 126 Å². The minimum absolute atomic E-state index is 0. The van der Waals surface area contributed by atoms with Crippen LogP contribution in [0.1, 0.15) is 34.6 Å². The van der Waals surface area contributed by atoms with E-state index in [0.717, 1.165) is 25.0 Å². The van der Waals surface area contributed by atoms with Gasteiger partial charge in [0.15, 0.2) is 0 Å². The lowest BCUT2D eigenvalue weighted by Crippen LogP contribution is -2.42. The summed E-state index contributed by atoms with van der Waals surface area (Å²) in [5.74, 6) is -0.0438. The van der Waals surface area contributed by atoms with Crippen molar-refractivity contribution in [2.75, 3.05) is 6.54 Å². The first kappa shape index (κ1) is 17.7. The lowest BCUT2D eigenvalue weighted by Gasteiger charge is -2.17. The second-order valence-corrected chi connectivity index (χ2v) is 4.98. The number of nitrogens with zero attached hydrogens (tertiary/aromatic N) is 1. The fraction of sp³-hybridized carbons (Fsp3) is 0.538. The Balaban J connectivity index is 0.00000220. The van der Waals surface area contributed by atoms with Crippen LogP contribution in [0.25, 0.3) is 0 Å². The summed E-state index contributed by atoms with van der Waals surface area (Å²) < 4.78 is 37.5. The number of hydrogen-bond donors (Lipinski definition) is 2. The van der Waals surface area contributed by atoms with Crippen molar-refractivity contribution in [3.05, 3.63) is 29.1 Å². The fourth-order valence-corrected chi connectivity index (χ4v) is 2.07. The number of nitrogens with one attached hydrogen (secondary N) is 1. The zero-order valence-electron chi connectivity index (χ0n) is 11.4. The van der Waals surface area contributed by atoms with Gasteiger partial charge in [-0.15, -0.1) is 12.4 Å². The van der Waals surface area contributed by atoms with E-state index < -0.39 is 17.8 Å². The molecule has 4 nitrogen and oxygen atoms in total. The van der Waals surface area contributed by atoms with Crippen LogP contribution in [0.3, 0.4) is 0 Å². The first-order chi connectivity index (χ1) is 9.32. The van der Waals surface area contributed by atoms with E-state index in [4.69, 9.17) is 5.73 Å². The molecule has 1 aromatic rings. The van der Waals surface area contributed by atoms with Crippen LogP contribution in [0.15, 0.2) is 12.1 Å². The highest BCUT2D eigenvalue weighted by atomic mass is 35.5. The Morgan fingerprint density at radius 1 is 1.48 bits per heavy atom. The Morgan fingerprint density at radius 2 is 2.10 bits per heavy atom. The van der Waals surface area contributed by atoms with Crippen molar-refractivity contribution in [1.82, 2.24) is 10.3 Å². The highest BCUT2D eigenvalue weighted by Crippen LogP contribution is 2.32. The monoisotopic (exact) mass is 323 g/mol. The lowest BCUT2D eigenvalue weighted by atomic mass is 10.1. The molecule has 1 amide bonds. The highest BCUT2D eigenvalue weighted by Gasteiger charge is 2.34. The van der Waals surface area contributed by atoms with Gasteiger partial charge >= 0.3 is 6.18 Å². The number of carbonyl (C=O) groups excluding carboxylic acids is 1. The van der Waals surface area contributed by atoms with Gasteiger partial charge < -0.3 is 11.1 Å². The second kappa shape index (κ2) is 6.62. The van der Waals surface area contributed by atoms with Gasteiger partial charge in [-0.25, -0.2) is 4.98 Å². The summed E-state index contributed by atoms with van der Waals surface area (Å²) in [6, 6.07) is 1.85. The van der Waals surface area contributed by atoms with Crippen LogP contribution in [0.4, 0.5) is 13.2 Å². The van der Waals surface area contributed by atoms with Crippen LogP contribution in [-0.2, 0) is 6.18 Å². The number of nitrogens with two attached hydrogens (primary N) is 1. The number of amides is 1. The number of carbonyl (C=O) groups is 1. The van der Waals surface area contributed by atoms with Gasteiger partial charge in [0, 0.05) is 12.6 Å². The minimum Gasteiger partial charge on any atom is -0.348 e. The smallest absolute Gasteiger partial charge is 0.348 e. The molecule has 1 aliphatic carbocycles. The summed E-state index contributed by atoms with van der Waals surface area (Å²) in [6.45, 7) is 1.71. The maximum Gasteiger partial charge on any atom is 0.433 e. The van der Waals surface area contributed by atoms with E-state index in [0.29, 0.717) is 12.5 Å². The standard InChI is InChI=1S/C13H16F3N3O.ClH/c1-7-9(4-5-11(18-7)13(14,15)16)12(20)19-10(6-17)8-2-3-8;/h4-5,8,10H,2-3,6,17H2,1H3,(H,19,20);1H. The van der Waals surface area contributed by atoms with Crippen LogP contribution in [-0.4, -0.2) is 23.5 Å². The molecule has 1 aliphatic rings. The minimum atomic E-state index is -4.51. The lowest BCUT2D eigenvalue weighted by molar-refractivity contribution is -0.141. The Bertz CT molecular complexity index is 518. The van der Waals surface area contributed by atoms with Crippen LogP contribution in [0, 0.1) is 12.8 Å². The summed E-state index contributed by atoms with van der Waals surface area (Å²) in [6.07, 6.45) is -2.47. The fourth-order valence-electron chi connectivity index (χ4n) is 2.07. The third-order valence-electron chi connectivity index (χ3n) is 3.38. The number of pyridine rings is 1. The second-order valence-electron chi connectivity index (χ2n) is 4.98. The van der Waals surface area contributed by atoms with Crippen molar-refractivity contribution < 1.29 is 18.0 Å². The topological polar surface area (TPSA) is 68.0 Å². The van der Waals surface area contributed by atoms with E-state index in [9.17, 15) is 18.0 Å². The van der Waals surface area contributed by atoms with E-state index >= 15 is 0 Å². The van der Waals surface area contributed by atoms with E-state index in [1.807, 2.05) is 0 Å². The Kier molecular flexibility index (Phi) is 5.58. The Hall–Kier alpha value is -1.34. The molecule has 21 heavy (non-hydrogen) atoms. The summed E-state index contributed by atoms with van der Waals surface area (Å²) in [4.78, 5) is 15.5. The SMILES string of the molecule is Cc1nc(C(F)(F)F)ccc1C(=O)NC(CN)C1CC1.Cl. The summed E-state index contributed by atoms with van der Waals surface area (Å²) in [5, 5.41) is 2.76. The summed E-state index contributed by atoms with van der Waals surface area (Å²) >= 11 is 0. The molecule has 0 aliphatic heterocycles. The van der Waals surface area contributed by atoms with Crippen molar-refractivity contribution in [3.63, 3.8) is 0 Å². The molecule has 0 aromatic carbocycles. The predicted octanol–water partition coefficient (Wildman–Crippen LogP) is 2.30. The van der Waals surface area contributed by atoms with E-state index in [1.165, 1.54) is 6.92 Å². The predicted molar refractivity (Wildman–Crippen MR) is 74.3 cm³/mol. The molecule has 1 unspecified atom stereocenters. The zero-order chi connectivity index (χ0) is 14.9. The van der Waals surface area contributed by atoms with Gasteiger partial charge in [-0.1, -0.05) is 0 Å². The van der Waals surface area contributed by atoms with Crippen molar-refractivity contribution >= 4 is 18.3 Å². The van der Waals surface area contributed by atoms with Crippen molar-refractivity contribution in [2.45, 2.75) is 32.0 Å². The molecule has 1 atom stereocenters. The number of rotatable bonds is 4. The van der Waals surface area contributed by atoms with E-state index in [1.54, 1.807) is 0 Å². The van der Waals surface area contributed by atoms with Gasteiger partial charge in [-0.05, 0) is 37.8 Å². The normalized spacial score (nSPS) is 16.0. The molecule has 1 aromatic heterocycles. The van der Waals surface area contributed by atoms with Gasteiger partial charge in [0.1, 0.15) is 5.69 Å². The van der Waals surface area contributed by atoms with Gasteiger partial charge in [-0.3, -0.25) is 4.79 Å². The number of aromatic nitrogens is 1. The van der Waals surface area contributed by atoms with Gasteiger partial charge in [-0.2, -0.15) is 13.2 Å². The van der Waals surface area contributed by atoms with Crippen LogP contribution >= 0.6 is 12.4 Å². The van der Waals surface area contributed by atoms with Crippen molar-refractivity contribution in [3.8, 4) is 0 Å². The number of alkyl halides is 3. The van der Waals surface area contributed by atoms with E-state index in [-0.39, 0.29) is 29.7 Å². The van der Waals surface area contributed by atoms with Crippen molar-refractivity contribution in [2.24, 2.45) is 11.7 Å². The maximum atomic E-state index is 12.5. The summed E-state index contributed by atoms with van der Waals surface area (Å²) in [7, 11) is 0. The number of aryl methyl sites for hydroxylation is 1. The van der Waals surface area contributed by atoms with Gasteiger partial charge in [0.05, 0.1) is 11.3 Å². The third kappa shape index (κ3) is 4.31. The number of hydrogen-bond acceptors (Lipinski definition) is 3. The summed E-state index contributed by atoms with van der Waals surface area (Å²) in [5.41, 5.74) is 4.79. The van der Waals surface area contributed by atoms with Crippen LogP contribution < -0.4 is 11.1 Å². The molecule has 1 fully saturated rings. The molecular weight excluding hydrogens is 307 g/mol. The molecular formula is C13H17ClF3N3O.